The second-order valence-corrected chi connectivity index (χ2v) is 24.0. The first-order valence-corrected chi connectivity index (χ1v) is 31.7. The molecule has 0 bridgehead atoms. The molecule has 2 nitrogen and oxygen atoms in total. The van der Waals surface area contributed by atoms with E-state index in [-0.39, 0.29) is 0 Å². The molecule has 430 valence electrons. The fourth-order valence-corrected chi connectivity index (χ4v) is 14.1. The second-order valence-electron chi connectivity index (χ2n) is 24.0. The van der Waals surface area contributed by atoms with Crippen molar-refractivity contribution in [1.29, 1.82) is 0 Å². The smallest absolute Gasteiger partial charge is 0.0468 e. The first kappa shape index (κ1) is 54.1. The van der Waals surface area contributed by atoms with Gasteiger partial charge in [0.05, 0.1) is 0 Å². The molecule has 2 heteroatoms. The van der Waals surface area contributed by atoms with E-state index in [4.69, 9.17) is 0 Å². The normalized spacial score (nSPS) is 11.5. The molecular weight excluding hydrogens is 1110 g/mol. The van der Waals surface area contributed by atoms with Crippen LogP contribution in [-0.4, -0.2) is 0 Å². The van der Waals surface area contributed by atoms with Gasteiger partial charge in [0.15, 0.2) is 0 Å². The van der Waals surface area contributed by atoms with Crippen LogP contribution in [0.2, 0.25) is 0 Å². The van der Waals surface area contributed by atoms with Crippen LogP contribution in [0.25, 0.3) is 131 Å². The first-order valence-electron chi connectivity index (χ1n) is 31.7. The summed E-state index contributed by atoms with van der Waals surface area (Å²) in [4.78, 5) is 4.86. The minimum atomic E-state index is 1.06. The Labute approximate surface area is 536 Å². The number of rotatable bonds is 12. The summed E-state index contributed by atoms with van der Waals surface area (Å²) in [7, 11) is 0. The number of benzene rings is 17. The van der Waals surface area contributed by atoms with Gasteiger partial charge in [0.25, 0.3) is 0 Å². The number of hydrogen-bond acceptors (Lipinski definition) is 2. The molecule has 0 heterocycles. The van der Waals surface area contributed by atoms with Gasteiger partial charge in [0.1, 0.15) is 0 Å². The van der Waals surface area contributed by atoms with Crippen LogP contribution in [0.1, 0.15) is 0 Å². The van der Waals surface area contributed by atoms with Crippen LogP contribution in [0.5, 0.6) is 0 Å². The Balaban J connectivity index is 0.937. The molecule has 0 amide bonds. The minimum absolute atomic E-state index is 1.06. The maximum atomic E-state index is 2.46. The van der Waals surface area contributed by atoms with Gasteiger partial charge < -0.3 is 9.80 Å². The quantitative estimate of drug-likeness (QED) is 0.0889. The zero-order valence-electron chi connectivity index (χ0n) is 50.5. The third kappa shape index (κ3) is 9.88. The third-order valence-corrected chi connectivity index (χ3v) is 18.6. The number of hydrogen-bond donors (Lipinski definition) is 0. The average molecular weight is 1170 g/mol. The van der Waals surface area contributed by atoms with E-state index in [1.165, 1.54) is 98.7 Å². The van der Waals surface area contributed by atoms with Crippen molar-refractivity contribution in [3.63, 3.8) is 0 Å². The molecule has 17 rings (SSSR count). The molecule has 0 spiro atoms. The van der Waals surface area contributed by atoms with E-state index in [1.54, 1.807) is 0 Å². The van der Waals surface area contributed by atoms with Crippen molar-refractivity contribution in [3.8, 4) is 66.8 Å². The molecule has 92 heavy (non-hydrogen) atoms. The van der Waals surface area contributed by atoms with Gasteiger partial charge in [0.2, 0.25) is 0 Å². The van der Waals surface area contributed by atoms with Crippen LogP contribution >= 0.6 is 0 Å². The lowest BCUT2D eigenvalue weighted by atomic mass is 9.84. The maximum Gasteiger partial charge on any atom is 0.0468 e. The molecule has 0 aliphatic carbocycles. The van der Waals surface area contributed by atoms with Gasteiger partial charge >= 0.3 is 0 Å². The summed E-state index contributed by atoms with van der Waals surface area (Å²) in [5, 5.41) is 14.5. The van der Waals surface area contributed by atoms with Crippen molar-refractivity contribution >= 4 is 98.8 Å². The lowest BCUT2D eigenvalue weighted by molar-refractivity contribution is 1.29. The topological polar surface area (TPSA) is 6.48 Å². The summed E-state index contributed by atoms with van der Waals surface area (Å²) in [6, 6.07) is 134. The zero-order valence-corrected chi connectivity index (χ0v) is 50.5. The van der Waals surface area contributed by atoms with Crippen LogP contribution in [0, 0.1) is 0 Å². The molecule has 0 saturated carbocycles. The molecule has 0 radical (unpaired) electrons. The van der Waals surface area contributed by atoms with Crippen LogP contribution in [0.15, 0.2) is 364 Å². The van der Waals surface area contributed by atoms with Crippen molar-refractivity contribution in [2.24, 2.45) is 0 Å². The highest BCUT2D eigenvalue weighted by molar-refractivity contribution is 6.24. The third-order valence-electron chi connectivity index (χ3n) is 18.6. The number of nitrogens with zero attached hydrogens (tertiary/aromatic N) is 2. The van der Waals surface area contributed by atoms with Gasteiger partial charge in [-0.2, -0.15) is 0 Å². The molecule has 0 atom stereocenters. The molecule has 17 aromatic carbocycles. The summed E-state index contributed by atoms with van der Waals surface area (Å²) in [6.07, 6.45) is 0. The Kier molecular flexibility index (Phi) is 13.6. The van der Waals surface area contributed by atoms with Crippen molar-refractivity contribution in [1.82, 2.24) is 0 Å². The van der Waals surface area contributed by atoms with Crippen LogP contribution in [0.3, 0.4) is 0 Å². The second kappa shape index (κ2) is 23.1. The Bertz CT molecular complexity index is 5050. The summed E-state index contributed by atoms with van der Waals surface area (Å²) in [5.74, 6) is 0. The molecule has 0 aliphatic rings. The van der Waals surface area contributed by atoms with E-state index in [2.05, 4.69) is 374 Å². The van der Waals surface area contributed by atoms with E-state index < -0.39 is 0 Å². The lowest BCUT2D eigenvalue weighted by Crippen LogP contribution is -2.10. The van der Waals surface area contributed by atoms with Crippen molar-refractivity contribution in [2.45, 2.75) is 0 Å². The van der Waals surface area contributed by atoms with Gasteiger partial charge in [0, 0.05) is 34.1 Å². The predicted molar refractivity (Wildman–Crippen MR) is 393 cm³/mol. The van der Waals surface area contributed by atoms with Crippen LogP contribution in [0.4, 0.5) is 34.1 Å². The van der Waals surface area contributed by atoms with Gasteiger partial charge in [-0.25, -0.2) is 0 Å². The minimum Gasteiger partial charge on any atom is -0.310 e. The lowest BCUT2D eigenvalue weighted by Gasteiger charge is -2.28. The molecule has 0 aliphatic heterocycles. The van der Waals surface area contributed by atoms with E-state index in [1.807, 2.05) is 0 Å². The Morgan fingerprint density at radius 3 is 0.696 bits per heavy atom. The molecule has 0 fully saturated rings. The molecule has 0 aromatic heterocycles. The standard InChI is InChI=1S/C90H60N2/c1-5-17-61(18-6-1)65-33-43-75(44-34-65)91(76-45-35-66(36-46-76)62-19-7-2-8-20-62)79-51-55-85-87(59-79)89(73-41-53-83-71(57-73)31-29-69-25-13-15-27-81(69)83)86-56-52-80(60-88(86)90(85)74-42-54-84-72(58-74)32-30-70-26-14-16-28-82(70)84)92(77-47-37-67(38-48-77)63-21-9-3-10-22-63)78-49-39-68(40-50-78)64-23-11-4-12-24-64/h1-60H. The Morgan fingerprint density at radius 1 is 0.130 bits per heavy atom. The highest BCUT2D eigenvalue weighted by Crippen LogP contribution is 2.50. The summed E-state index contributed by atoms with van der Waals surface area (Å²) >= 11 is 0. The Hall–Kier alpha value is -12.1. The molecule has 0 saturated heterocycles. The van der Waals surface area contributed by atoms with E-state index >= 15 is 0 Å². The van der Waals surface area contributed by atoms with Crippen LogP contribution in [-0.2, 0) is 0 Å². The van der Waals surface area contributed by atoms with Crippen molar-refractivity contribution < 1.29 is 0 Å². The summed E-state index contributed by atoms with van der Waals surface area (Å²) in [6.45, 7) is 0. The molecule has 17 aromatic rings. The largest absolute Gasteiger partial charge is 0.310 e. The highest BCUT2D eigenvalue weighted by Gasteiger charge is 2.24. The summed E-state index contributed by atoms with van der Waals surface area (Å²) in [5.41, 5.74) is 20.5. The van der Waals surface area contributed by atoms with Gasteiger partial charge in [-0.3, -0.25) is 0 Å². The van der Waals surface area contributed by atoms with Gasteiger partial charge in [-0.15, -0.1) is 0 Å². The molecule has 0 N–H and O–H groups in total. The average Bonchev–Trinajstić information content (AvgIpc) is 0.730. The fraction of sp³-hybridized carbons (Fsp3) is 0. The van der Waals surface area contributed by atoms with E-state index in [0.717, 1.165) is 66.8 Å². The monoisotopic (exact) mass is 1170 g/mol. The zero-order chi connectivity index (χ0) is 60.9. The Morgan fingerprint density at radius 2 is 0.370 bits per heavy atom. The van der Waals surface area contributed by atoms with E-state index in [0.29, 0.717) is 0 Å². The highest BCUT2D eigenvalue weighted by atomic mass is 15.1. The molecule has 0 unspecified atom stereocenters. The van der Waals surface area contributed by atoms with Crippen LogP contribution < -0.4 is 9.80 Å². The number of fused-ring (bicyclic) bond motifs is 8. The maximum absolute atomic E-state index is 2.46. The van der Waals surface area contributed by atoms with E-state index in [9.17, 15) is 0 Å². The van der Waals surface area contributed by atoms with Crippen molar-refractivity contribution in [3.05, 3.63) is 364 Å². The predicted octanol–water partition coefficient (Wildman–Crippen LogP) is 25.5. The summed E-state index contributed by atoms with van der Waals surface area (Å²) < 4.78 is 0. The SMILES string of the molecule is c1ccc(-c2ccc(N(c3ccc(-c4ccccc4)cc3)c3ccc4c(-c5ccc6c(ccc7ccccc76)c5)c5cc(N(c6ccc(-c7ccccc7)cc6)c6ccc(-c7ccccc7)cc6)ccc5c(-c5ccc6c(ccc7ccccc76)c5)c4c3)cc2)cc1. The number of anilines is 6. The fourth-order valence-electron chi connectivity index (χ4n) is 14.1. The first-order chi connectivity index (χ1) is 45.6. The van der Waals surface area contributed by atoms with Gasteiger partial charge in [-0.1, -0.05) is 279 Å². The van der Waals surface area contributed by atoms with Gasteiger partial charge in [-0.05, 0) is 216 Å². The molecular formula is C90H60N2. The van der Waals surface area contributed by atoms with Crippen molar-refractivity contribution in [2.75, 3.05) is 9.80 Å².